The first kappa shape index (κ1) is 25.1. The van der Waals surface area contributed by atoms with Crippen molar-refractivity contribution in [3.63, 3.8) is 0 Å². The molecule has 2 aromatic rings. The van der Waals surface area contributed by atoms with E-state index >= 15 is 0 Å². The molecule has 0 bridgehead atoms. The largest absolute Gasteiger partial charge is 0.353 e. The number of halogens is 1. The van der Waals surface area contributed by atoms with Crippen LogP contribution >= 0.6 is 23.4 Å². The van der Waals surface area contributed by atoms with Crippen LogP contribution in [-0.2, 0) is 4.79 Å². The van der Waals surface area contributed by atoms with Gasteiger partial charge in [-0.1, -0.05) is 54.4 Å². The number of hydrogen-bond donors (Lipinski definition) is 2. The number of carbonyl (C=O) groups is 2. The van der Waals surface area contributed by atoms with Gasteiger partial charge in [0.05, 0.1) is 5.75 Å². The van der Waals surface area contributed by atoms with E-state index in [4.69, 9.17) is 11.6 Å². The number of amides is 3. The van der Waals surface area contributed by atoms with Crippen molar-refractivity contribution in [2.24, 2.45) is 0 Å². The summed E-state index contributed by atoms with van der Waals surface area (Å²) in [6, 6.07) is 9.38. The lowest BCUT2D eigenvalue weighted by atomic mass is 10.2. The Kier molecular flexibility index (Phi) is 9.20. The highest BCUT2D eigenvalue weighted by Gasteiger charge is 2.28. The molecule has 0 radical (unpaired) electrons. The minimum atomic E-state index is -0.134. The molecule has 0 saturated carbocycles. The van der Waals surface area contributed by atoms with Gasteiger partial charge in [0.15, 0.2) is 5.16 Å². The van der Waals surface area contributed by atoms with Crippen molar-refractivity contribution in [1.29, 1.82) is 0 Å². The van der Waals surface area contributed by atoms with Gasteiger partial charge < -0.3 is 20.4 Å². The Morgan fingerprint density at radius 3 is 2.67 bits per heavy atom. The minimum Gasteiger partial charge on any atom is -0.353 e. The standard InChI is InChI=1S/C23H31ClN6O2S/c1-4-5-10-25-23(32)30-12-11-29(14-17(30)3)20-13-19(24)27-22(28-20)33-15-21(31)26-18-8-6-16(2)7-9-18/h6-9,13,17H,4-5,10-12,14-15H2,1-3H3,(H,25,32)(H,26,31). The summed E-state index contributed by atoms with van der Waals surface area (Å²) < 4.78 is 0. The average Bonchev–Trinajstić information content (AvgIpc) is 2.79. The number of anilines is 2. The van der Waals surface area contributed by atoms with E-state index < -0.39 is 0 Å². The van der Waals surface area contributed by atoms with Crippen LogP contribution in [0.4, 0.5) is 16.3 Å². The molecule has 1 aliphatic rings. The molecule has 10 heteroatoms. The first-order chi connectivity index (χ1) is 15.9. The lowest BCUT2D eigenvalue weighted by molar-refractivity contribution is -0.113. The number of carbonyl (C=O) groups excluding carboxylic acids is 2. The van der Waals surface area contributed by atoms with Crippen LogP contribution in [0.15, 0.2) is 35.5 Å². The van der Waals surface area contributed by atoms with Gasteiger partial charge in [-0.3, -0.25) is 4.79 Å². The zero-order chi connectivity index (χ0) is 23.8. The predicted molar refractivity (Wildman–Crippen MR) is 134 cm³/mol. The molecule has 2 N–H and O–H groups in total. The summed E-state index contributed by atoms with van der Waals surface area (Å²) in [6.07, 6.45) is 2.02. The second-order valence-corrected chi connectivity index (χ2v) is 9.44. The van der Waals surface area contributed by atoms with Gasteiger partial charge in [-0.15, -0.1) is 0 Å². The number of hydrogen-bond acceptors (Lipinski definition) is 6. The number of nitrogens with zero attached hydrogens (tertiary/aromatic N) is 4. The average molecular weight is 491 g/mol. The number of aryl methyl sites for hydroxylation is 1. The lowest BCUT2D eigenvalue weighted by Gasteiger charge is -2.40. The topological polar surface area (TPSA) is 90.5 Å². The van der Waals surface area contributed by atoms with Crippen LogP contribution in [0.3, 0.4) is 0 Å². The van der Waals surface area contributed by atoms with Crippen LogP contribution in [0.25, 0.3) is 0 Å². The first-order valence-corrected chi connectivity index (χ1v) is 12.6. The summed E-state index contributed by atoms with van der Waals surface area (Å²) in [5.74, 6) is 0.745. The maximum atomic E-state index is 12.4. The normalized spacial score (nSPS) is 15.9. The summed E-state index contributed by atoms with van der Waals surface area (Å²) >= 11 is 7.49. The third kappa shape index (κ3) is 7.50. The van der Waals surface area contributed by atoms with Crippen molar-refractivity contribution in [1.82, 2.24) is 20.2 Å². The van der Waals surface area contributed by atoms with Gasteiger partial charge in [0.1, 0.15) is 11.0 Å². The van der Waals surface area contributed by atoms with Gasteiger partial charge in [-0.2, -0.15) is 0 Å². The van der Waals surface area contributed by atoms with Gasteiger partial charge in [0, 0.05) is 44.0 Å². The van der Waals surface area contributed by atoms with Crippen LogP contribution < -0.4 is 15.5 Å². The van der Waals surface area contributed by atoms with E-state index in [2.05, 4.69) is 32.4 Å². The van der Waals surface area contributed by atoms with Crippen molar-refractivity contribution in [2.45, 2.75) is 44.8 Å². The molecular weight excluding hydrogens is 460 g/mol. The summed E-state index contributed by atoms with van der Waals surface area (Å²) in [6.45, 7) is 8.72. The first-order valence-electron chi connectivity index (χ1n) is 11.2. The van der Waals surface area contributed by atoms with Crippen LogP contribution in [0.5, 0.6) is 0 Å². The van der Waals surface area contributed by atoms with Crippen LogP contribution in [-0.4, -0.2) is 64.8 Å². The molecule has 8 nitrogen and oxygen atoms in total. The number of piperazine rings is 1. The number of nitrogens with one attached hydrogen (secondary N) is 2. The molecule has 178 valence electrons. The quantitative estimate of drug-likeness (QED) is 0.249. The van der Waals surface area contributed by atoms with Crippen molar-refractivity contribution in [2.75, 3.05) is 42.1 Å². The van der Waals surface area contributed by atoms with Crippen molar-refractivity contribution in [3.8, 4) is 0 Å². The van der Waals surface area contributed by atoms with Crippen molar-refractivity contribution >= 4 is 46.8 Å². The maximum absolute atomic E-state index is 12.4. The van der Waals surface area contributed by atoms with Crippen LogP contribution in [0, 0.1) is 6.92 Å². The molecule has 3 amide bonds. The molecule has 1 aromatic carbocycles. The Balaban J connectivity index is 1.56. The third-order valence-electron chi connectivity index (χ3n) is 5.35. The fourth-order valence-electron chi connectivity index (χ4n) is 3.52. The Bertz CT molecular complexity index is 958. The molecule has 2 heterocycles. The number of rotatable bonds is 8. The van der Waals surface area contributed by atoms with Crippen LogP contribution in [0.1, 0.15) is 32.3 Å². The predicted octanol–water partition coefficient (Wildman–Crippen LogP) is 4.19. The van der Waals surface area contributed by atoms with E-state index in [-0.39, 0.29) is 23.7 Å². The molecule has 1 aromatic heterocycles. The zero-order valence-corrected chi connectivity index (χ0v) is 20.9. The highest BCUT2D eigenvalue weighted by molar-refractivity contribution is 7.99. The lowest BCUT2D eigenvalue weighted by Crippen LogP contribution is -2.56. The molecule has 1 atom stereocenters. The highest BCUT2D eigenvalue weighted by atomic mass is 35.5. The number of benzene rings is 1. The van der Waals surface area contributed by atoms with Gasteiger partial charge >= 0.3 is 6.03 Å². The van der Waals surface area contributed by atoms with E-state index in [9.17, 15) is 9.59 Å². The summed E-state index contributed by atoms with van der Waals surface area (Å²) in [5.41, 5.74) is 1.89. The fourth-order valence-corrected chi connectivity index (χ4v) is 4.40. The number of unbranched alkanes of at least 4 members (excludes halogenated alkanes) is 1. The Labute approximate surface area is 204 Å². The van der Waals surface area contributed by atoms with Gasteiger partial charge in [-0.25, -0.2) is 14.8 Å². The zero-order valence-electron chi connectivity index (χ0n) is 19.3. The molecule has 3 rings (SSSR count). The molecule has 0 aliphatic carbocycles. The monoisotopic (exact) mass is 490 g/mol. The second-order valence-electron chi connectivity index (χ2n) is 8.11. The third-order valence-corrected chi connectivity index (χ3v) is 6.39. The maximum Gasteiger partial charge on any atom is 0.317 e. The number of thioether (sulfide) groups is 1. The molecular formula is C23H31ClN6O2S. The molecule has 1 unspecified atom stereocenters. The number of aromatic nitrogens is 2. The summed E-state index contributed by atoms with van der Waals surface area (Å²) in [5, 5.41) is 6.63. The minimum absolute atomic E-state index is 0.0212. The summed E-state index contributed by atoms with van der Waals surface area (Å²) in [4.78, 5) is 37.6. The van der Waals surface area contributed by atoms with E-state index in [1.165, 1.54) is 11.8 Å². The molecule has 33 heavy (non-hydrogen) atoms. The van der Waals surface area contributed by atoms with Gasteiger partial charge in [0.2, 0.25) is 5.91 Å². The van der Waals surface area contributed by atoms with Gasteiger partial charge in [0.25, 0.3) is 0 Å². The smallest absolute Gasteiger partial charge is 0.317 e. The van der Waals surface area contributed by atoms with E-state index in [0.29, 0.717) is 42.3 Å². The second kappa shape index (κ2) is 12.1. The molecule has 1 fully saturated rings. The van der Waals surface area contributed by atoms with Crippen molar-refractivity contribution in [3.05, 3.63) is 41.0 Å². The van der Waals surface area contributed by atoms with Gasteiger partial charge in [-0.05, 0) is 32.4 Å². The molecule has 0 spiro atoms. The van der Waals surface area contributed by atoms with Crippen LogP contribution in [0.2, 0.25) is 5.15 Å². The fraction of sp³-hybridized carbons (Fsp3) is 0.478. The SMILES string of the molecule is CCCCNC(=O)N1CCN(c2cc(Cl)nc(SCC(=O)Nc3ccc(C)cc3)n2)CC1C. The Hall–Kier alpha value is -2.52. The van der Waals surface area contributed by atoms with E-state index in [1.807, 2.05) is 43.0 Å². The number of urea groups is 1. The summed E-state index contributed by atoms with van der Waals surface area (Å²) in [7, 11) is 0. The highest BCUT2D eigenvalue weighted by Crippen LogP contribution is 2.24. The molecule has 1 saturated heterocycles. The Morgan fingerprint density at radius 2 is 1.97 bits per heavy atom. The molecule has 1 aliphatic heterocycles. The van der Waals surface area contributed by atoms with Crippen molar-refractivity contribution < 1.29 is 9.59 Å². The van der Waals surface area contributed by atoms with E-state index in [1.54, 1.807) is 6.07 Å². The Morgan fingerprint density at radius 1 is 1.21 bits per heavy atom. The van der Waals surface area contributed by atoms with E-state index in [0.717, 1.165) is 24.1 Å².